The standard InChI is InChI=1S/C12H20F3N3O/c13-12(14,15)10-17-6-4-16(5-7-17)8-9-18-3-1-2-11(18)19/h1-10H2. The minimum Gasteiger partial charge on any atom is -0.341 e. The number of alkyl halides is 3. The van der Waals surface area contributed by atoms with Crippen molar-refractivity contribution < 1.29 is 18.0 Å². The molecular formula is C12H20F3N3O. The first-order chi connectivity index (χ1) is 8.94. The second-order valence-corrected chi connectivity index (χ2v) is 5.22. The fourth-order valence-electron chi connectivity index (χ4n) is 2.63. The van der Waals surface area contributed by atoms with E-state index in [0.717, 1.165) is 19.5 Å². The van der Waals surface area contributed by atoms with E-state index in [1.807, 2.05) is 4.90 Å². The summed E-state index contributed by atoms with van der Waals surface area (Å²) in [5.41, 5.74) is 0. The monoisotopic (exact) mass is 279 g/mol. The van der Waals surface area contributed by atoms with Gasteiger partial charge in [0.2, 0.25) is 5.91 Å². The van der Waals surface area contributed by atoms with Crippen LogP contribution < -0.4 is 0 Å². The molecule has 0 radical (unpaired) electrons. The molecule has 19 heavy (non-hydrogen) atoms. The van der Waals surface area contributed by atoms with Crippen molar-refractivity contribution in [3.63, 3.8) is 0 Å². The smallest absolute Gasteiger partial charge is 0.341 e. The largest absolute Gasteiger partial charge is 0.401 e. The third kappa shape index (κ3) is 4.65. The van der Waals surface area contributed by atoms with Crippen molar-refractivity contribution in [1.29, 1.82) is 0 Å². The number of likely N-dealkylation sites (tertiary alicyclic amines) is 1. The van der Waals surface area contributed by atoms with Gasteiger partial charge >= 0.3 is 6.18 Å². The van der Waals surface area contributed by atoms with Gasteiger partial charge in [-0.05, 0) is 6.42 Å². The number of nitrogens with zero attached hydrogens (tertiary/aromatic N) is 3. The van der Waals surface area contributed by atoms with Gasteiger partial charge in [0, 0.05) is 52.2 Å². The summed E-state index contributed by atoms with van der Waals surface area (Å²) in [6.07, 6.45) is -2.54. The lowest BCUT2D eigenvalue weighted by molar-refractivity contribution is -0.149. The van der Waals surface area contributed by atoms with Crippen molar-refractivity contribution in [2.75, 3.05) is 52.4 Å². The highest BCUT2D eigenvalue weighted by Gasteiger charge is 2.32. The van der Waals surface area contributed by atoms with Crippen molar-refractivity contribution in [3.05, 3.63) is 0 Å². The zero-order chi connectivity index (χ0) is 13.9. The second-order valence-electron chi connectivity index (χ2n) is 5.22. The Morgan fingerprint density at radius 2 is 1.58 bits per heavy atom. The Morgan fingerprint density at radius 1 is 0.947 bits per heavy atom. The van der Waals surface area contributed by atoms with E-state index in [9.17, 15) is 18.0 Å². The van der Waals surface area contributed by atoms with Crippen LogP contribution >= 0.6 is 0 Å². The lowest BCUT2D eigenvalue weighted by Crippen LogP contribution is -2.50. The molecule has 7 heteroatoms. The molecule has 0 spiro atoms. The first-order valence-corrected chi connectivity index (χ1v) is 6.73. The normalized spacial score (nSPS) is 23.3. The first-order valence-electron chi connectivity index (χ1n) is 6.73. The number of hydrogen-bond acceptors (Lipinski definition) is 3. The fraction of sp³-hybridized carbons (Fsp3) is 0.917. The van der Waals surface area contributed by atoms with Gasteiger partial charge in [0.05, 0.1) is 6.54 Å². The summed E-state index contributed by atoms with van der Waals surface area (Å²) in [4.78, 5) is 16.9. The summed E-state index contributed by atoms with van der Waals surface area (Å²) >= 11 is 0. The van der Waals surface area contributed by atoms with Gasteiger partial charge in [-0.25, -0.2) is 0 Å². The van der Waals surface area contributed by atoms with Crippen LogP contribution in [-0.2, 0) is 4.79 Å². The van der Waals surface area contributed by atoms with E-state index >= 15 is 0 Å². The molecule has 0 atom stereocenters. The fourth-order valence-corrected chi connectivity index (χ4v) is 2.63. The molecule has 4 nitrogen and oxygen atoms in total. The predicted octanol–water partition coefficient (Wildman–Crippen LogP) is 0.789. The van der Waals surface area contributed by atoms with Crippen LogP contribution in [-0.4, -0.2) is 79.1 Å². The summed E-state index contributed by atoms with van der Waals surface area (Å²) in [5.74, 6) is 0.204. The highest BCUT2D eigenvalue weighted by Crippen LogP contribution is 2.17. The maximum absolute atomic E-state index is 12.2. The van der Waals surface area contributed by atoms with Gasteiger partial charge in [-0.1, -0.05) is 0 Å². The Bertz CT molecular complexity index is 314. The molecule has 2 saturated heterocycles. The zero-order valence-corrected chi connectivity index (χ0v) is 11.0. The Kier molecular flexibility index (Phi) is 4.67. The van der Waals surface area contributed by atoms with Crippen LogP contribution in [0.25, 0.3) is 0 Å². The topological polar surface area (TPSA) is 26.8 Å². The van der Waals surface area contributed by atoms with E-state index in [2.05, 4.69) is 4.90 Å². The number of carbonyl (C=O) groups excluding carboxylic acids is 1. The van der Waals surface area contributed by atoms with Crippen LogP contribution in [0, 0.1) is 0 Å². The number of carbonyl (C=O) groups is 1. The van der Waals surface area contributed by atoms with Crippen molar-refractivity contribution >= 4 is 5.91 Å². The summed E-state index contributed by atoms with van der Waals surface area (Å²) in [6, 6.07) is 0. The molecule has 0 aromatic heterocycles. The Labute approximate surface area is 111 Å². The van der Waals surface area contributed by atoms with Gasteiger partial charge in [-0.15, -0.1) is 0 Å². The summed E-state index contributed by atoms with van der Waals surface area (Å²) in [7, 11) is 0. The molecule has 2 aliphatic heterocycles. The molecule has 2 fully saturated rings. The SMILES string of the molecule is O=C1CCCN1CCN1CCN(CC(F)(F)F)CC1. The minimum absolute atomic E-state index is 0.204. The molecule has 2 aliphatic rings. The highest BCUT2D eigenvalue weighted by molar-refractivity contribution is 5.78. The first kappa shape index (κ1) is 14.6. The van der Waals surface area contributed by atoms with E-state index in [1.54, 1.807) is 0 Å². The zero-order valence-electron chi connectivity index (χ0n) is 11.0. The highest BCUT2D eigenvalue weighted by atomic mass is 19.4. The van der Waals surface area contributed by atoms with E-state index in [0.29, 0.717) is 39.1 Å². The lowest BCUT2D eigenvalue weighted by Gasteiger charge is -2.35. The maximum atomic E-state index is 12.2. The summed E-state index contributed by atoms with van der Waals surface area (Å²) < 4.78 is 36.7. The lowest BCUT2D eigenvalue weighted by atomic mass is 10.3. The maximum Gasteiger partial charge on any atom is 0.401 e. The summed E-state index contributed by atoms with van der Waals surface area (Å²) in [5, 5.41) is 0. The summed E-state index contributed by atoms with van der Waals surface area (Å²) in [6.45, 7) is 3.69. The quantitative estimate of drug-likeness (QED) is 0.761. The van der Waals surface area contributed by atoms with E-state index in [1.165, 1.54) is 4.90 Å². The molecule has 0 aliphatic carbocycles. The van der Waals surface area contributed by atoms with E-state index in [-0.39, 0.29) is 5.91 Å². The molecule has 0 N–H and O–H groups in total. The number of piperazine rings is 1. The van der Waals surface area contributed by atoms with Gasteiger partial charge in [-0.2, -0.15) is 13.2 Å². The van der Waals surface area contributed by atoms with Crippen LogP contribution in [0.2, 0.25) is 0 Å². The van der Waals surface area contributed by atoms with Gasteiger partial charge in [0.15, 0.2) is 0 Å². The van der Waals surface area contributed by atoms with Crippen molar-refractivity contribution in [1.82, 2.24) is 14.7 Å². The molecule has 0 aromatic carbocycles. The molecule has 0 aromatic rings. The van der Waals surface area contributed by atoms with E-state index in [4.69, 9.17) is 0 Å². The van der Waals surface area contributed by atoms with Crippen LogP contribution in [0.1, 0.15) is 12.8 Å². The number of rotatable bonds is 4. The minimum atomic E-state index is -4.11. The molecule has 110 valence electrons. The molecular weight excluding hydrogens is 259 g/mol. The van der Waals surface area contributed by atoms with Crippen molar-refractivity contribution in [2.45, 2.75) is 19.0 Å². The average Bonchev–Trinajstić information content (AvgIpc) is 2.72. The Hall–Kier alpha value is -0.820. The number of halogens is 3. The van der Waals surface area contributed by atoms with Gasteiger partial charge < -0.3 is 4.90 Å². The molecule has 0 saturated carbocycles. The Morgan fingerprint density at radius 3 is 2.11 bits per heavy atom. The van der Waals surface area contributed by atoms with Crippen molar-refractivity contribution in [3.8, 4) is 0 Å². The van der Waals surface area contributed by atoms with Gasteiger partial charge in [-0.3, -0.25) is 14.6 Å². The third-order valence-corrected chi connectivity index (χ3v) is 3.73. The van der Waals surface area contributed by atoms with Crippen LogP contribution in [0.3, 0.4) is 0 Å². The van der Waals surface area contributed by atoms with Crippen LogP contribution in [0.5, 0.6) is 0 Å². The third-order valence-electron chi connectivity index (χ3n) is 3.73. The number of amides is 1. The average molecular weight is 279 g/mol. The van der Waals surface area contributed by atoms with Crippen LogP contribution in [0.15, 0.2) is 0 Å². The van der Waals surface area contributed by atoms with E-state index < -0.39 is 12.7 Å². The van der Waals surface area contributed by atoms with Gasteiger partial charge in [0.1, 0.15) is 0 Å². The van der Waals surface area contributed by atoms with Gasteiger partial charge in [0.25, 0.3) is 0 Å². The predicted molar refractivity (Wildman–Crippen MR) is 64.7 cm³/mol. The molecule has 2 heterocycles. The number of hydrogen-bond donors (Lipinski definition) is 0. The molecule has 2 rings (SSSR count). The molecule has 0 unspecified atom stereocenters. The Balaban J connectivity index is 1.65. The van der Waals surface area contributed by atoms with Crippen LogP contribution in [0.4, 0.5) is 13.2 Å². The van der Waals surface area contributed by atoms with Crippen molar-refractivity contribution in [2.24, 2.45) is 0 Å². The molecule has 0 bridgehead atoms. The molecule has 1 amide bonds. The second kappa shape index (κ2) is 6.09.